The normalized spacial score (nSPS) is 17.3. The molecule has 1 unspecified atom stereocenters. The maximum absolute atomic E-state index is 11.0. The van der Waals surface area contributed by atoms with Gasteiger partial charge >= 0.3 is 0 Å². The van der Waals surface area contributed by atoms with Crippen molar-refractivity contribution in [2.75, 3.05) is 5.01 Å². The molecule has 5 rings (SSSR count). The van der Waals surface area contributed by atoms with Crippen LogP contribution in [0.5, 0.6) is 0 Å². The maximum atomic E-state index is 11.0. The van der Waals surface area contributed by atoms with Gasteiger partial charge in [-0.25, -0.2) is 10.0 Å². The van der Waals surface area contributed by atoms with Gasteiger partial charge in [-0.15, -0.1) is 5.10 Å². The summed E-state index contributed by atoms with van der Waals surface area (Å²) in [6, 6.07) is 23.6. The molecule has 0 fully saturated rings. The van der Waals surface area contributed by atoms with Gasteiger partial charge in [-0.05, 0) is 48.0 Å². The Balaban J connectivity index is 1.57. The molecule has 0 radical (unpaired) electrons. The summed E-state index contributed by atoms with van der Waals surface area (Å²) in [5.41, 5.74) is 3.46. The van der Waals surface area contributed by atoms with Gasteiger partial charge < -0.3 is 0 Å². The van der Waals surface area contributed by atoms with E-state index in [1.807, 2.05) is 71.8 Å². The average Bonchev–Trinajstić information content (AvgIpc) is 3.19. The third kappa shape index (κ3) is 3.55. The molecule has 0 amide bonds. The summed E-state index contributed by atoms with van der Waals surface area (Å²) in [6.07, 6.45) is 3.46. The van der Waals surface area contributed by atoms with Crippen molar-refractivity contribution in [1.82, 2.24) is 4.90 Å². The summed E-state index contributed by atoms with van der Waals surface area (Å²) in [5, 5.41) is 18.3. The molecular formula is C23H16ClN5O2. The summed E-state index contributed by atoms with van der Waals surface area (Å²) in [6.45, 7) is 0. The smallest absolute Gasteiger partial charge is 0.269 e. The SMILES string of the molecule is O=[N+]([O-])c1ccc(N2N=C(c3ccc(Cl)cc3)N3C=CC(c4ccccc4)=NC32)cc1. The van der Waals surface area contributed by atoms with E-state index in [-0.39, 0.29) is 5.69 Å². The zero-order chi connectivity index (χ0) is 21.4. The van der Waals surface area contributed by atoms with Gasteiger partial charge in [0.15, 0.2) is 5.84 Å². The van der Waals surface area contributed by atoms with Crippen molar-refractivity contribution >= 4 is 34.5 Å². The molecule has 3 aromatic carbocycles. The number of amidine groups is 1. The van der Waals surface area contributed by atoms with E-state index >= 15 is 0 Å². The number of fused-ring (bicyclic) bond motifs is 1. The molecule has 1 atom stereocenters. The first-order valence-corrected chi connectivity index (χ1v) is 9.96. The van der Waals surface area contributed by atoms with E-state index in [1.165, 1.54) is 12.1 Å². The summed E-state index contributed by atoms with van der Waals surface area (Å²) in [5.74, 6) is 0.715. The van der Waals surface area contributed by atoms with Crippen LogP contribution in [0.1, 0.15) is 11.1 Å². The zero-order valence-corrected chi connectivity index (χ0v) is 16.9. The van der Waals surface area contributed by atoms with Gasteiger partial charge in [0.2, 0.25) is 6.29 Å². The quantitative estimate of drug-likeness (QED) is 0.430. The third-order valence-corrected chi connectivity index (χ3v) is 5.31. The molecule has 2 aliphatic rings. The molecule has 0 bridgehead atoms. The van der Waals surface area contributed by atoms with Gasteiger partial charge in [-0.1, -0.05) is 41.9 Å². The van der Waals surface area contributed by atoms with Crippen LogP contribution in [0.15, 0.2) is 101 Å². The first-order chi connectivity index (χ1) is 15.1. The molecule has 3 aromatic rings. The number of nitro groups is 1. The Bertz CT molecular complexity index is 1220. The van der Waals surface area contributed by atoms with Gasteiger partial charge in [0.05, 0.1) is 16.3 Å². The Morgan fingerprint density at radius 2 is 1.61 bits per heavy atom. The van der Waals surface area contributed by atoms with E-state index in [0.717, 1.165) is 16.8 Å². The number of nitrogens with zero attached hydrogens (tertiary/aromatic N) is 5. The monoisotopic (exact) mass is 429 g/mol. The summed E-state index contributed by atoms with van der Waals surface area (Å²) >= 11 is 6.05. The minimum Gasteiger partial charge on any atom is -0.289 e. The Labute approximate surface area is 183 Å². The van der Waals surface area contributed by atoms with Crippen molar-refractivity contribution in [2.24, 2.45) is 10.1 Å². The highest BCUT2D eigenvalue weighted by Crippen LogP contribution is 2.32. The van der Waals surface area contributed by atoms with Gasteiger partial charge in [-0.3, -0.25) is 15.0 Å². The second-order valence-corrected chi connectivity index (χ2v) is 7.43. The molecule has 8 heteroatoms. The van der Waals surface area contributed by atoms with Crippen molar-refractivity contribution in [2.45, 2.75) is 6.29 Å². The maximum Gasteiger partial charge on any atom is 0.269 e. The number of nitro benzene ring substituents is 1. The van der Waals surface area contributed by atoms with E-state index in [1.54, 1.807) is 17.1 Å². The van der Waals surface area contributed by atoms with Gasteiger partial charge in [-0.2, -0.15) is 0 Å². The van der Waals surface area contributed by atoms with Crippen molar-refractivity contribution in [3.05, 3.63) is 117 Å². The molecule has 2 heterocycles. The summed E-state index contributed by atoms with van der Waals surface area (Å²) in [7, 11) is 0. The van der Waals surface area contributed by atoms with Crippen molar-refractivity contribution < 1.29 is 4.92 Å². The summed E-state index contributed by atoms with van der Waals surface area (Å²) < 4.78 is 0. The van der Waals surface area contributed by atoms with Gasteiger partial charge in [0.1, 0.15) is 0 Å². The Morgan fingerprint density at radius 1 is 0.903 bits per heavy atom. The van der Waals surface area contributed by atoms with Crippen LogP contribution in [0.25, 0.3) is 0 Å². The second kappa shape index (κ2) is 7.70. The Morgan fingerprint density at radius 3 is 2.29 bits per heavy atom. The number of anilines is 1. The van der Waals surface area contributed by atoms with Crippen LogP contribution in [-0.2, 0) is 0 Å². The Kier molecular flexibility index (Phi) is 4.72. The van der Waals surface area contributed by atoms with Crippen LogP contribution < -0.4 is 5.01 Å². The fraction of sp³-hybridized carbons (Fsp3) is 0.0435. The van der Waals surface area contributed by atoms with E-state index in [9.17, 15) is 10.1 Å². The zero-order valence-electron chi connectivity index (χ0n) is 16.2. The lowest BCUT2D eigenvalue weighted by Gasteiger charge is -2.29. The van der Waals surface area contributed by atoms with Crippen molar-refractivity contribution in [3.63, 3.8) is 0 Å². The molecule has 0 aromatic heterocycles. The van der Waals surface area contributed by atoms with Crippen LogP contribution in [0.4, 0.5) is 11.4 Å². The van der Waals surface area contributed by atoms with Crippen LogP contribution in [0.3, 0.4) is 0 Å². The predicted molar refractivity (Wildman–Crippen MR) is 121 cm³/mol. The highest BCUT2D eigenvalue weighted by atomic mass is 35.5. The molecule has 31 heavy (non-hydrogen) atoms. The van der Waals surface area contributed by atoms with Crippen LogP contribution >= 0.6 is 11.6 Å². The molecule has 0 aliphatic carbocycles. The minimum absolute atomic E-state index is 0.0266. The third-order valence-electron chi connectivity index (χ3n) is 5.06. The van der Waals surface area contributed by atoms with Gasteiger partial charge in [0, 0.05) is 28.9 Å². The first-order valence-electron chi connectivity index (χ1n) is 9.58. The number of allylic oxidation sites excluding steroid dienone is 1. The average molecular weight is 430 g/mol. The molecule has 0 spiro atoms. The summed E-state index contributed by atoms with van der Waals surface area (Å²) in [4.78, 5) is 17.5. The highest BCUT2D eigenvalue weighted by molar-refractivity contribution is 6.30. The number of non-ortho nitro benzene ring substituents is 1. The number of hydrazone groups is 1. The Hall–Kier alpha value is -3.97. The van der Waals surface area contributed by atoms with Crippen LogP contribution in [-0.4, -0.2) is 27.7 Å². The minimum atomic E-state index is -0.452. The topological polar surface area (TPSA) is 74.3 Å². The van der Waals surface area contributed by atoms with Crippen molar-refractivity contribution in [1.29, 1.82) is 0 Å². The standard InChI is InChI=1S/C23H16ClN5O2/c24-18-8-6-17(7-9-18)22-26-28(19-10-12-20(13-11-19)29(30)31)23-25-21(14-15-27(22)23)16-4-2-1-3-5-16/h1-15,23H. The van der Waals surface area contributed by atoms with Crippen LogP contribution in [0, 0.1) is 10.1 Å². The molecule has 0 saturated heterocycles. The van der Waals surface area contributed by atoms with Gasteiger partial charge in [0.25, 0.3) is 5.69 Å². The molecule has 0 N–H and O–H groups in total. The number of rotatable bonds is 4. The van der Waals surface area contributed by atoms with Crippen LogP contribution in [0.2, 0.25) is 5.02 Å². The highest BCUT2D eigenvalue weighted by Gasteiger charge is 2.36. The fourth-order valence-corrected chi connectivity index (χ4v) is 3.64. The first kappa shape index (κ1) is 19.0. The largest absolute Gasteiger partial charge is 0.289 e. The fourth-order valence-electron chi connectivity index (χ4n) is 3.52. The number of halogens is 1. The lowest BCUT2D eigenvalue weighted by molar-refractivity contribution is -0.384. The molecule has 152 valence electrons. The number of hydrogen-bond acceptors (Lipinski definition) is 6. The van der Waals surface area contributed by atoms with E-state index < -0.39 is 11.2 Å². The number of benzene rings is 3. The molecular weight excluding hydrogens is 414 g/mol. The molecule has 2 aliphatic heterocycles. The number of hydrogen-bond donors (Lipinski definition) is 0. The van der Waals surface area contributed by atoms with E-state index in [2.05, 4.69) is 0 Å². The molecule has 0 saturated carbocycles. The predicted octanol–water partition coefficient (Wildman–Crippen LogP) is 5.03. The molecule has 7 nitrogen and oxygen atoms in total. The number of aliphatic imine (C=N–C) groups is 1. The van der Waals surface area contributed by atoms with E-state index in [0.29, 0.717) is 16.5 Å². The second-order valence-electron chi connectivity index (χ2n) is 7.00. The van der Waals surface area contributed by atoms with E-state index in [4.69, 9.17) is 21.7 Å². The van der Waals surface area contributed by atoms with Crippen molar-refractivity contribution in [3.8, 4) is 0 Å². The lowest BCUT2D eigenvalue weighted by Crippen LogP contribution is -2.40. The lowest BCUT2D eigenvalue weighted by atomic mass is 10.1.